The molecule has 0 unspecified atom stereocenters. The molecular weight excluding hydrogens is 245 g/mol. The van der Waals surface area contributed by atoms with Crippen LogP contribution < -0.4 is 5.32 Å². The van der Waals surface area contributed by atoms with Gasteiger partial charge in [-0.15, -0.1) is 0 Å². The average molecular weight is 259 g/mol. The molecule has 2 aromatic rings. The lowest BCUT2D eigenvalue weighted by Crippen LogP contribution is -1.99. The number of nitrogens with one attached hydrogen (secondary N) is 1. The van der Waals surface area contributed by atoms with Gasteiger partial charge in [0.1, 0.15) is 5.82 Å². The van der Waals surface area contributed by atoms with Crippen LogP contribution in [-0.2, 0) is 0 Å². The van der Waals surface area contributed by atoms with E-state index in [2.05, 4.69) is 5.32 Å². The van der Waals surface area contributed by atoms with Crippen molar-refractivity contribution >= 4 is 17.3 Å². The van der Waals surface area contributed by atoms with Gasteiger partial charge in [-0.25, -0.2) is 9.18 Å². The first-order chi connectivity index (χ1) is 8.97. The molecular formula is C15H14FNO2. The van der Waals surface area contributed by atoms with Gasteiger partial charge in [0.2, 0.25) is 0 Å². The van der Waals surface area contributed by atoms with Crippen LogP contribution in [0.1, 0.15) is 21.5 Å². The Balaban J connectivity index is 2.28. The third-order valence-electron chi connectivity index (χ3n) is 2.92. The molecule has 2 N–H and O–H groups in total. The highest BCUT2D eigenvalue weighted by atomic mass is 19.1. The molecule has 4 heteroatoms. The van der Waals surface area contributed by atoms with E-state index in [4.69, 9.17) is 5.11 Å². The summed E-state index contributed by atoms with van der Waals surface area (Å²) in [5.74, 6) is -1.24. The van der Waals surface area contributed by atoms with Gasteiger partial charge in [-0.05, 0) is 55.3 Å². The maximum absolute atomic E-state index is 13.4. The van der Waals surface area contributed by atoms with Crippen LogP contribution in [0.4, 0.5) is 15.8 Å². The van der Waals surface area contributed by atoms with E-state index in [9.17, 15) is 9.18 Å². The second-order valence-electron chi connectivity index (χ2n) is 4.42. The van der Waals surface area contributed by atoms with Crippen LogP contribution in [0, 0.1) is 19.7 Å². The van der Waals surface area contributed by atoms with E-state index in [-0.39, 0.29) is 11.4 Å². The number of hydrogen-bond acceptors (Lipinski definition) is 2. The molecule has 0 aliphatic carbocycles. The molecule has 2 aromatic carbocycles. The maximum Gasteiger partial charge on any atom is 0.335 e. The molecule has 2 rings (SSSR count). The Morgan fingerprint density at radius 3 is 2.42 bits per heavy atom. The second-order valence-corrected chi connectivity index (χ2v) is 4.42. The first-order valence-electron chi connectivity index (χ1n) is 5.84. The molecule has 0 aliphatic rings. The molecule has 0 saturated heterocycles. The largest absolute Gasteiger partial charge is 0.478 e. The smallest absolute Gasteiger partial charge is 0.335 e. The summed E-state index contributed by atoms with van der Waals surface area (Å²) in [6.45, 7) is 3.51. The SMILES string of the molecule is Cc1ccc(Nc2ccc(C(=O)O)cc2C)cc1F. The summed E-state index contributed by atoms with van der Waals surface area (Å²) in [5.41, 5.74) is 3.00. The first kappa shape index (κ1) is 13.1. The molecule has 98 valence electrons. The molecule has 0 aliphatic heterocycles. The molecule has 0 spiro atoms. The van der Waals surface area contributed by atoms with Crippen LogP contribution in [0.5, 0.6) is 0 Å². The predicted molar refractivity (Wildman–Crippen MR) is 72.6 cm³/mol. The summed E-state index contributed by atoms with van der Waals surface area (Å²) < 4.78 is 13.4. The summed E-state index contributed by atoms with van der Waals surface area (Å²) in [6, 6.07) is 9.66. The number of carbonyl (C=O) groups is 1. The molecule has 0 heterocycles. The van der Waals surface area contributed by atoms with Crippen LogP contribution in [-0.4, -0.2) is 11.1 Å². The minimum atomic E-state index is -0.962. The Labute approximate surface area is 110 Å². The molecule has 0 fully saturated rings. The Kier molecular flexibility index (Phi) is 3.51. The number of anilines is 2. The zero-order chi connectivity index (χ0) is 14.0. The molecule has 0 aromatic heterocycles. The number of carboxylic acids is 1. The van der Waals surface area contributed by atoms with Crippen molar-refractivity contribution in [2.75, 3.05) is 5.32 Å². The van der Waals surface area contributed by atoms with E-state index in [1.54, 1.807) is 38.1 Å². The highest BCUT2D eigenvalue weighted by Gasteiger charge is 2.06. The van der Waals surface area contributed by atoms with Crippen LogP contribution in [0.3, 0.4) is 0 Å². The summed E-state index contributed by atoms with van der Waals surface area (Å²) in [4.78, 5) is 10.8. The number of aryl methyl sites for hydroxylation is 2. The number of rotatable bonds is 3. The Bertz CT molecular complexity index is 638. The van der Waals surface area contributed by atoms with Crippen LogP contribution in [0.15, 0.2) is 36.4 Å². The van der Waals surface area contributed by atoms with Gasteiger partial charge in [-0.2, -0.15) is 0 Å². The highest BCUT2D eigenvalue weighted by Crippen LogP contribution is 2.23. The summed E-state index contributed by atoms with van der Waals surface area (Å²) in [6.07, 6.45) is 0. The predicted octanol–water partition coefficient (Wildman–Crippen LogP) is 3.88. The maximum atomic E-state index is 13.4. The Morgan fingerprint density at radius 2 is 1.84 bits per heavy atom. The van der Waals surface area contributed by atoms with E-state index < -0.39 is 5.97 Å². The van der Waals surface area contributed by atoms with Gasteiger partial charge < -0.3 is 10.4 Å². The lowest BCUT2D eigenvalue weighted by Gasteiger charge is -2.11. The fourth-order valence-electron chi connectivity index (χ4n) is 1.76. The average Bonchev–Trinajstić information content (AvgIpc) is 2.36. The lowest BCUT2D eigenvalue weighted by atomic mass is 10.1. The zero-order valence-corrected chi connectivity index (χ0v) is 10.7. The summed E-state index contributed by atoms with van der Waals surface area (Å²) in [7, 11) is 0. The van der Waals surface area contributed by atoms with E-state index >= 15 is 0 Å². The van der Waals surface area contributed by atoms with Gasteiger partial charge in [-0.1, -0.05) is 6.07 Å². The van der Waals surface area contributed by atoms with E-state index in [1.165, 1.54) is 12.1 Å². The van der Waals surface area contributed by atoms with E-state index in [0.29, 0.717) is 11.3 Å². The van der Waals surface area contributed by atoms with Crippen LogP contribution in [0.2, 0.25) is 0 Å². The van der Waals surface area contributed by atoms with Gasteiger partial charge in [0.25, 0.3) is 0 Å². The van der Waals surface area contributed by atoms with Crippen molar-refractivity contribution in [2.45, 2.75) is 13.8 Å². The minimum Gasteiger partial charge on any atom is -0.478 e. The fourth-order valence-corrected chi connectivity index (χ4v) is 1.76. The van der Waals surface area contributed by atoms with Gasteiger partial charge in [0, 0.05) is 11.4 Å². The number of aromatic carboxylic acids is 1. The molecule has 19 heavy (non-hydrogen) atoms. The number of benzene rings is 2. The molecule has 0 radical (unpaired) electrons. The second kappa shape index (κ2) is 5.10. The van der Waals surface area contributed by atoms with Crippen molar-refractivity contribution in [3.63, 3.8) is 0 Å². The van der Waals surface area contributed by atoms with Crippen LogP contribution >= 0.6 is 0 Å². The standard InChI is InChI=1S/C15H14FNO2/c1-9-3-5-12(8-13(9)16)17-14-6-4-11(15(18)19)7-10(14)2/h3-8,17H,1-2H3,(H,18,19). The first-order valence-corrected chi connectivity index (χ1v) is 5.84. The van der Waals surface area contributed by atoms with Crippen molar-refractivity contribution in [3.8, 4) is 0 Å². The zero-order valence-electron chi connectivity index (χ0n) is 10.7. The molecule has 0 amide bonds. The number of carboxylic acid groups (broad SMARTS) is 1. The number of hydrogen-bond donors (Lipinski definition) is 2. The molecule has 0 bridgehead atoms. The highest BCUT2D eigenvalue weighted by molar-refractivity contribution is 5.88. The van der Waals surface area contributed by atoms with Crippen molar-refractivity contribution in [3.05, 3.63) is 58.9 Å². The summed E-state index contributed by atoms with van der Waals surface area (Å²) >= 11 is 0. The quantitative estimate of drug-likeness (QED) is 0.879. The fraction of sp³-hybridized carbons (Fsp3) is 0.133. The van der Waals surface area contributed by atoms with Crippen LogP contribution in [0.25, 0.3) is 0 Å². The summed E-state index contributed by atoms with van der Waals surface area (Å²) in [5, 5.41) is 12.0. The Morgan fingerprint density at radius 1 is 1.11 bits per heavy atom. The minimum absolute atomic E-state index is 0.234. The monoisotopic (exact) mass is 259 g/mol. The lowest BCUT2D eigenvalue weighted by molar-refractivity contribution is 0.0697. The van der Waals surface area contributed by atoms with Gasteiger partial charge in [0.15, 0.2) is 0 Å². The molecule has 0 saturated carbocycles. The molecule has 0 atom stereocenters. The van der Waals surface area contributed by atoms with Crippen molar-refractivity contribution in [2.24, 2.45) is 0 Å². The topological polar surface area (TPSA) is 49.3 Å². The van der Waals surface area contributed by atoms with Crippen molar-refractivity contribution in [1.29, 1.82) is 0 Å². The van der Waals surface area contributed by atoms with Crippen molar-refractivity contribution in [1.82, 2.24) is 0 Å². The van der Waals surface area contributed by atoms with Gasteiger partial charge in [-0.3, -0.25) is 0 Å². The third kappa shape index (κ3) is 2.91. The van der Waals surface area contributed by atoms with E-state index in [1.807, 2.05) is 0 Å². The van der Waals surface area contributed by atoms with Crippen molar-refractivity contribution < 1.29 is 14.3 Å². The third-order valence-corrected chi connectivity index (χ3v) is 2.92. The number of halogens is 1. The normalized spacial score (nSPS) is 10.3. The van der Waals surface area contributed by atoms with Gasteiger partial charge in [0.05, 0.1) is 5.56 Å². The Hall–Kier alpha value is -2.36. The van der Waals surface area contributed by atoms with Gasteiger partial charge >= 0.3 is 5.97 Å². The van der Waals surface area contributed by atoms with E-state index in [0.717, 1.165) is 11.3 Å². The molecule has 3 nitrogen and oxygen atoms in total.